The Kier molecular flexibility index (Phi) is 28.8. The van der Waals surface area contributed by atoms with Gasteiger partial charge in [-0.05, 0) is 163 Å². The van der Waals surface area contributed by atoms with Crippen LogP contribution in [0.4, 0.5) is 0 Å². The molecule has 5 aliphatic rings. The Morgan fingerprint density at radius 1 is 0.552 bits per heavy atom. The first-order valence-corrected chi connectivity index (χ1v) is 34.3. The van der Waals surface area contributed by atoms with E-state index in [1.54, 1.807) is 23.5 Å². The molecule has 3 fully saturated rings. The second-order valence-electron chi connectivity index (χ2n) is 19.2. The van der Waals surface area contributed by atoms with Crippen LogP contribution in [-0.4, -0.2) is 99.4 Å². The molecule has 464 valence electrons. The van der Waals surface area contributed by atoms with Gasteiger partial charge in [-0.2, -0.15) is 0 Å². The zero-order valence-electron chi connectivity index (χ0n) is 45.3. The molecule has 4 aromatic heterocycles. The molecule has 0 aliphatic carbocycles. The number of cyclic esters (lactones) is 1. The smallest absolute Gasteiger partial charge is 0.338 e. The lowest BCUT2D eigenvalue weighted by Gasteiger charge is -2.25. The maximum absolute atomic E-state index is 12.7. The van der Waals surface area contributed by atoms with E-state index in [9.17, 15) is 24.6 Å². The Bertz CT molecular complexity index is 3510. The molecular formula is C64H65Br5O14S4. The lowest BCUT2D eigenvalue weighted by molar-refractivity contribution is -0.0415. The van der Waals surface area contributed by atoms with Gasteiger partial charge in [0.25, 0.3) is 0 Å². The highest BCUT2D eigenvalue weighted by molar-refractivity contribution is 9.11. The Morgan fingerprint density at radius 2 is 1.09 bits per heavy atom. The number of aldehydes is 1. The number of ketones is 1. The first-order chi connectivity index (χ1) is 41.3. The Balaban J connectivity index is 0.000000158. The fraction of sp³-hybridized carbons (Fsp3) is 0.328. The Labute approximate surface area is 564 Å². The van der Waals surface area contributed by atoms with E-state index >= 15 is 0 Å². The second-order valence-corrected chi connectivity index (χ2v) is 27.5. The summed E-state index contributed by atoms with van der Waals surface area (Å²) in [6.45, 7) is 5.09. The molecule has 4 aromatic carbocycles. The molecule has 0 radical (unpaired) electrons. The van der Waals surface area contributed by atoms with Crippen molar-refractivity contribution in [3.63, 3.8) is 0 Å². The maximum Gasteiger partial charge on any atom is 0.338 e. The number of fused-ring (bicyclic) bond motifs is 2. The van der Waals surface area contributed by atoms with Crippen molar-refractivity contribution in [2.24, 2.45) is 0 Å². The summed E-state index contributed by atoms with van der Waals surface area (Å²) in [5.74, 6) is -0.261. The molecular weight excluding hydrogens is 1520 g/mol. The van der Waals surface area contributed by atoms with E-state index in [1.807, 2.05) is 88.3 Å². The Morgan fingerprint density at radius 3 is 1.71 bits per heavy atom. The SMILES string of the molecule is Brc1csc(C2OCCO2)c1.C.C.O=C(c1csc(C2OCCO2)c1)c1cc(Br)ccc1CCO.O=C1OCCc2ccc(Br)cc21.O=Cc1cc(C2OCCc3ccc(Br)cc32)cs1.OCCc1ccc(Br)cc1C(O)c1csc(C2OCCO2)c1. The van der Waals surface area contributed by atoms with Gasteiger partial charge in [0.2, 0.25) is 0 Å². The highest BCUT2D eigenvalue weighted by Gasteiger charge is 2.27. The van der Waals surface area contributed by atoms with Crippen LogP contribution < -0.4 is 0 Å². The molecule has 23 heteroatoms. The second kappa shape index (κ2) is 35.3. The molecule has 0 amide bonds. The third-order valence-corrected chi connectivity index (χ3v) is 20.0. The van der Waals surface area contributed by atoms with Gasteiger partial charge in [0, 0.05) is 63.9 Å². The van der Waals surface area contributed by atoms with E-state index < -0.39 is 6.10 Å². The number of thiophene rings is 4. The van der Waals surface area contributed by atoms with Gasteiger partial charge in [0.1, 0.15) is 12.2 Å². The predicted octanol–water partition coefficient (Wildman–Crippen LogP) is 16.5. The van der Waals surface area contributed by atoms with E-state index in [0.29, 0.717) is 75.8 Å². The quantitative estimate of drug-likeness (QED) is 0.0562. The van der Waals surface area contributed by atoms with E-state index in [-0.39, 0.29) is 64.8 Å². The number of rotatable bonds is 13. The lowest BCUT2D eigenvalue weighted by Crippen LogP contribution is -2.17. The molecule has 2 atom stereocenters. The van der Waals surface area contributed by atoms with Gasteiger partial charge >= 0.3 is 5.97 Å². The molecule has 14 nitrogen and oxygen atoms in total. The summed E-state index contributed by atoms with van der Waals surface area (Å²) in [4.78, 5) is 38.4. The van der Waals surface area contributed by atoms with Crippen LogP contribution in [-0.2, 0) is 63.6 Å². The van der Waals surface area contributed by atoms with Gasteiger partial charge in [-0.3, -0.25) is 9.59 Å². The summed E-state index contributed by atoms with van der Waals surface area (Å²) in [6.07, 6.45) is 2.08. The van der Waals surface area contributed by atoms with Gasteiger partial charge < -0.3 is 53.2 Å². The summed E-state index contributed by atoms with van der Waals surface area (Å²) < 4.78 is 48.1. The minimum absolute atomic E-state index is 0. The van der Waals surface area contributed by atoms with Crippen LogP contribution in [0.5, 0.6) is 0 Å². The van der Waals surface area contributed by atoms with Gasteiger partial charge in [0.05, 0.1) is 77.9 Å². The summed E-state index contributed by atoms with van der Waals surface area (Å²) >= 11 is 23.1. The molecule has 13 rings (SSSR count). The van der Waals surface area contributed by atoms with Crippen LogP contribution in [0.3, 0.4) is 0 Å². The minimum Gasteiger partial charge on any atom is -0.462 e. The first-order valence-electron chi connectivity index (χ1n) is 26.8. The number of carbonyl (C=O) groups excluding carboxylic acids is 3. The average molecular weight is 1590 g/mol. The van der Waals surface area contributed by atoms with Crippen molar-refractivity contribution >= 4 is 143 Å². The van der Waals surface area contributed by atoms with Gasteiger partial charge in [-0.25, -0.2) is 4.79 Å². The summed E-state index contributed by atoms with van der Waals surface area (Å²) in [5.41, 5.74) is 10.0. The molecule has 5 aliphatic heterocycles. The Hall–Kier alpha value is -3.51. The highest BCUT2D eigenvalue weighted by atomic mass is 79.9. The van der Waals surface area contributed by atoms with Crippen LogP contribution in [0.1, 0.15) is 141 Å². The normalized spacial score (nSPS) is 16.6. The van der Waals surface area contributed by atoms with Crippen LogP contribution in [0, 0.1) is 0 Å². The number of ether oxygens (including phenoxy) is 8. The number of hydrogen-bond donors (Lipinski definition) is 3. The van der Waals surface area contributed by atoms with Crippen LogP contribution in [0.25, 0.3) is 0 Å². The van der Waals surface area contributed by atoms with Crippen molar-refractivity contribution in [3.8, 4) is 0 Å². The number of carbonyl (C=O) groups is 3. The third kappa shape index (κ3) is 19.5. The zero-order chi connectivity index (χ0) is 59.8. The predicted molar refractivity (Wildman–Crippen MR) is 359 cm³/mol. The van der Waals surface area contributed by atoms with Crippen molar-refractivity contribution < 1.29 is 67.6 Å². The van der Waals surface area contributed by atoms with Crippen LogP contribution >= 0.6 is 125 Å². The molecule has 0 bridgehead atoms. The molecule has 8 aromatic rings. The lowest BCUT2D eigenvalue weighted by atomic mass is 9.94. The van der Waals surface area contributed by atoms with Crippen molar-refractivity contribution in [3.05, 3.63) is 222 Å². The van der Waals surface area contributed by atoms with E-state index in [1.165, 1.54) is 45.1 Å². The number of benzene rings is 4. The zero-order valence-corrected chi connectivity index (χ0v) is 56.5. The maximum atomic E-state index is 12.7. The van der Waals surface area contributed by atoms with Crippen molar-refractivity contribution in [2.45, 2.75) is 71.6 Å². The van der Waals surface area contributed by atoms with Gasteiger partial charge in [-0.15, -0.1) is 45.3 Å². The van der Waals surface area contributed by atoms with Crippen molar-refractivity contribution in [1.29, 1.82) is 0 Å². The third-order valence-electron chi connectivity index (χ3n) is 13.5. The molecule has 3 saturated heterocycles. The number of esters is 1. The van der Waals surface area contributed by atoms with Gasteiger partial charge in [-0.1, -0.05) is 103 Å². The summed E-state index contributed by atoms with van der Waals surface area (Å²) in [7, 11) is 0. The molecule has 0 saturated carbocycles. The van der Waals surface area contributed by atoms with Crippen LogP contribution in [0.15, 0.2) is 141 Å². The largest absolute Gasteiger partial charge is 0.462 e. The van der Waals surface area contributed by atoms with E-state index in [4.69, 9.17) is 43.0 Å². The standard InChI is InChI=1S/C16H17BrO4S.C16H15BrO4S.C14H11BrO2S.C9H7BrO2.C7H7BrO2S.2CH4/c2*17-12-2-1-10(3-4-18)13(8-12)15(19)11-7-14(22-9-11)16-20-5-6-21-16;15-11-2-1-9-3-4-17-14(13(9)6-11)10-5-12(7-16)18-8-10;10-7-2-1-6-3-4-12-9(11)8(6)5-7;8-5-3-6(11-4-5)7-9-1-2-10-7;;/h1-2,7-9,15-16,18-19H,3-6H2;1-2,7-9,16,18H,3-6H2;1-2,5-8,14H,3-4H2;1-2,5H,3-4H2;3-4,7H,1-2H2;2*1H4. The van der Waals surface area contributed by atoms with Crippen molar-refractivity contribution in [2.75, 3.05) is 66.1 Å². The topological polar surface area (TPSA) is 186 Å². The molecule has 87 heavy (non-hydrogen) atoms. The molecule has 0 spiro atoms. The first kappa shape index (κ1) is 70.9. The average Bonchev–Trinajstić information content (AvgIpc) is 3.83. The molecule has 3 N–H and O–H groups in total. The van der Waals surface area contributed by atoms with Crippen LogP contribution in [0.2, 0.25) is 0 Å². The molecule has 9 heterocycles. The van der Waals surface area contributed by atoms with E-state index in [2.05, 4.69) is 97.8 Å². The fourth-order valence-electron chi connectivity index (χ4n) is 9.40. The fourth-order valence-corrected chi connectivity index (χ4v) is 14.8. The number of halogens is 5. The molecule has 2 unspecified atom stereocenters. The summed E-state index contributed by atoms with van der Waals surface area (Å²) in [6, 6.07) is 31.0. The number of aliphatic hydroxyl groups is 3. The van der Waals surface area contributed by atoms with Gasteiger partial charge in [0.15, 0.2) is 30.9 Å². The minimum atomic E-state index is -0.731. The highest BCUT2D eigenvalue weighted by Crippen LogP contribution is 2.38. The number of aliphatic hydroxyl groups excluding tert-OH is 3. The van der Waals surface area contributed by atoms with E-state index in [0.717, 1.165) is 101 Å². The number of hydrogen-bond acceptors (Lipinski definition) is 18. The monoisotopic (exact) mass is 1580 g/mol. The summed E-state index contributed by atoms with van der Waals surface area (Å²) in [5, 5.41) is 36.8. The van der Waals surface area contributed by atoms with Crippen molar-refractivity contribution in [1.82, 2.24) is 0 Å².